The first-order valence-electron chi connectivity index (χ1n) is 8.74. The molecule has 2 aliphatic rings. The minimum Gasteiger partial charge on any atom is -0.461 e. The summed E-state index contributed by atoms with van der Waals surface area (Å²) < 4.78 is 26.6. The molecule has 4 rings (SSSR count). The fraction of sp³-hybridized carbons (Fsp3) is 0.190. The maximum Gasteiger partial charge on any atom is 0.308 e. The molecule has 2 aromatic carbocycles. The Morgan fingerprint density at radius 1 is 1.07 bits per heavy atom. The van der Waals surface area contributed by atoms with Crippen molar-refractivity contribution in [2.24, 2.45) is 0 Å². The number of esters is 2. The summed E-state index contributed by atoms with van der Waals surface area (Å²) in [5, 5.41) is 0. The molecule has 0 saturated carbocycles. The van der Waals surface area contributed by atoms with Gasteiger partial charge >= 0.3 is 11.9 Å². The summed E-state index contributed by atoms with van der Waals surface area (Å²) in [5.74, 6) is 0.251. The smallest absolute Gasteiger partial charge is 0.308 e. The first-order chi connectivity index (χ1) is 13.9. The molecular weight excluding hydrogens is 380 g/mol. The van der Waals surface area contributed by atoms with E-state index in [2.05, 4.69) is 0 Å². The molecular formula is C21H16O8. The van der Waals surface area contributed by atoms with Gasteiger partial charge in [0.25, 0.3) is 0 Å². The van der Waals surface area contributed by atoms with Crippen LogP contribution in [0.1, 0.15) is 35.3 Å². The van der Waals surface area contributed by atoms with Crippen LogP contribution < -0.4 is 18.9 Å². The van der Waals surface area contributed by atoms with Crippen molar-refractivity contribution in [1.82, 2.24) is 0 Å². The summed E-state index contributed by atoms with van der Waals surface area (Å²) in [5.41, 5.74) is 1.28. The molecule has 0 aliphatic carbocycles. The van der Waals surface area contributed by atoms with Crippen molar-refractivity contribution in [3.8, 4) is 23.0 Å². The predicted octanol–water partition coefficient (Wildman–Crippen LogP) is 3.02. The molecule has 0 unspecified atom stereocenters. The normalized spacial score (nSPS) is 15.1. The summed E-state index contributed by atoms with van der Waals surface area (Å²) in [6.45, 7) is 2.45. The molecule has 0 fully saturated rings. The zero-order valence-corrected chi connectivity index (χ0v) is 15.6. The molecule has 0 bridgehead atoms. The van der Waals surface area contributed by atoms with E-state index in [1.54, 1.807) is 24.3 Å². The molecule has 0 radical (unpaired) electrons. The minimum absolute atomic E-state index is 0.0860. The van der Waals surface area contributed by atoms with Crippen LogP contribution in [0, 0.1) is 0 Å². The summed E-state index contributed by atoms with van der Waals surface area (Å²) in [7, 11) is 0. The third kappa shape index (κ3) is 3.64. The Bertz CT molecular complexity index is 1070. The molecule has 0 amide bonds. The number of Topliss-reactive ketones (excluding diaryl/α,β-unsaturated/α-hetero) is 1. The second kappa shape index (κ2) is 7.31. The van der Waals surface area contributed by atoms with Crippen molar-refractivity contribution in [2.45, 2.75) is 20.5 Å². The van der Waals surface area contributed by atoms with Crippen molar-refractivity contribution < 1.29 is 38.1 Å². The van der Waals surface area contributed by atoms with Crippen molar-refractivity contribution in [3.63, 3.8) is 0 Å². The van der Waals surface area contributed by atoms with Crippen molar-refractivity contribution in [3.05, 3.63) is 52.8 Å². The number of allylic oxidation sites excluding steroid dienone is 1. The molecule has 8 nitrogen and oxygen atoms in total. The molecule has 0 aromatic heterocycles. The van der Waals surface area contributed by atoms with E-state index in [4.69, 9.17) is 23.7 Å². The Hall–Kier alpha value is -3.81. The van der Waals surface area contributed by atoms with Gasteiger partial charge in [0.2, 0.25) is 12.6 Å². The lowest BCUT2D eigenvalue weighted by Gasteiger charge is -2.12. The number of carbonyl (C=O) groups excluding carboxylic acids is 3. The van der Waals surface area contributed by atoms with Gasteiger partial charge in [0.05, 0.1) is 11.1 Å². The number of ketones is 1. The third-order valence-electron chi connectivity index (χ3n) is 4.27. The summed E-state index contributed by atoms with van der Waals surface area (Å²) in [4.78, 5) is 35.4. The van der Waals surface area contributed by atoms with Crippen LogP contribution in [0.4, 0.5) is 0 Å². The molecule has 0 N–H and O–H groups in total. The topological polar surface area (TPSA) is 97.4 Å². The van der Waals surface area contributed by atoms with Gasteiger partial charge in [0.15, 0.2) is 17.3 Å². The van der Waals surface area contributed by atoms with Gasteiger partial charge in [-0.25, -0.2) is 0 Å². The van der Waals surface area contributed by atoms with E-state index in [0.29, 0.717) is 22.6 Å². The van der Waals surface area contributed by atoms with E-state index >= 15 is 0 Å². The lowest BCUT2D eigenvalue weighted by atomic mass is 10.0. The van der Waals surface area contributed by atoms with Gasteiger partial charge in [0.1, 0.15) is 18.1 Å². The molecule has 2 aliphatic heterocycles. The van der Waals surface area contributed by atoms with E-state index in [1.807, 2.05) is 0 Å². The maximum absolute atomic E-state index is 12.8. The number of carbonyl (C=O) groups is 3. The second-order valence-electron chi connectivity index (χ2n) is 6.35. The number of rotatable bonds is 4. The highest BCUT2D eigenvalue weighted by molar-refractivity contribution is 6.15. The number of hydrogen-bond donors (Lipinski definition) is 0. The van der Waals surface area contributed by atoms with Gasteiger partial charge in [-0.1, -0.05) is 6.07 Å². The van der Waals surface area contributed by atoms with Crippen LogP contribution in [0.25, 0.3) is 6.08 Å². The van der Waals surface area contributed by atoms with Crippen LogP contribution in [0.5, 0.6) is 23.0 Å². The Balaban J connectivity index is 1.70. The predicted molar refractivity (Wildman–Crippen MR) is 98.7 cm³/mol. The van der Waals surface area contributed by atoms with Crippen LogP contribution in [0.15, 0.2) is 36.1 Å². The van der Waals surface area contributed by atoms with Crippen LogP contribution in [0.2, 0.25) is 0 Å². The van der Waals surface area contributed by atoms with E-state index < -0.39 is 11.9 Å². The third-order valence-corrected chi connectivity index (χ3v) is 4.27. The van der Waals surface area contributed by atoms with E-state index in [1.165, 1.54) is 26.0 Å². The molecule has 0 atom stereocenters. The first kappa shape index (κ1) is 18.5. The fourth-order valence-electron chi connectivity index (χ4n) is 3.00. The summed E-state index contributed by atoms with van der Waals surface area (Å²) in [6, 6.07) is 8.23. The monoisotopic (exact) mass is 396 g/mol. The second-order valence-corrected chi connectivity index (χ2v) is 6.35. The van der Waals surface area contributed by atoms with Crippen molar-refractivity contribution in [2.75, 3.05) is 6.79 Å². The van der Waals surface area contributed by atoms with Crippen molar-refractivity contribution in [1.29, 1.82) is 0 Å². The quantitative estimate of drug-likeness (QED) is 0.442. The maximum atomic E-state index is 12.8. The van der Waals surface area contributed by atoms with Crippen molar-refractivity contribution >= 4 is 23.8 Å². The molecule has 2 aromatic rings. The Morgan fingerprint density at radius 3 is 2.62 bits per heavy atom. The van der Waals surface area contributed by atoms with Gasteiger partial charge in [-0.3, -0.25) is 14.4 Å². The fourth-order valence-corrected chi connectivity index (χ4v) is 3.00. The number of benzene rings is 2. The van der Waals surface area contributed by atoms with E-state index in [9.17, 15) is 14.4 Å². The Labute approximate surface area is 165 Å². The van der Waals surface area contributed by atoms with Crippen LogP contribution in [-0.2, 0) is 20.9 Å². The largest absolute Gasteiger partial charge is 0.461 e. The summed E-state index contributed by atoms with van der Waals surface area (Å²) in [6.07, 6.45) is 1.57. The number of hydrogen-bond acceptors (Lipinski definition) is 8. The number of fused-ring (bicyclic) bond motifs is 2. The minimum atomic E-state index is -0.547. The van der Waals surface area contributed by atoms with E-state index in [0.717, 1.165) is 0 Å². The average Bonchev–Trinajstić information content (AvgIpc) is 3.25. The lowest BCUT2D eigenvalue weighted by molar-refractivity contribution is -0.142. The van der Waals surface area contributed by atoms with Crippen LogP contribution in [0.3, 0.4) is 0 Å². The first-order valence-corrected chi connectivity index (χ1v) is 8.74. The average molecular weight is 396 g/mol. The van der Waals surface area contributed by atoms with Crippen LogP contribution >= 0.6 is 0 Å². The van der Waals surface area contributed by atoms with Gasteiger partial charge in [-0.15, -0.1) is 0 Å². The van der Waals surface area contributed by atoms with E-state index in [-0.39, 0.29) is 42.0 Å². The molecule has 0 saturated heterocycles. The summed E-state index contributed by atoms with van der Waals surface area (Å²) >= 11 is 0. The Morgan fingerprint density at radius 2 is 1.86 bits per heavy atom. The highest BCUT2D eigenvalue weighted by atomic mass is 16.7. The van der Waals surface area contributed by atoms with Gasteiger partial charge in [-0.2, -0.15) is 0 Å². The molecule has 2 heterocycles. The van der Waals surface area contributed by atoms with Gasteiger partial charge < -0.3 is 23.7 Å². The highest BCUT2D eigenvalue weighted by Gasteiger charge is 2.32. The zero-order chi connectivity index (χ0) is 20.5. The van der Waals surface area contributed by atoms with Gasteiger partial charge in [0, 0.05) is 13.8 Å². The van der Waals surface area contributed by atoms with Gasteiger partial charge in [-0.05, 0) is 35.9 Å². The molecule has 29 heavy (non-hydrogen) atoms. The molecule has 8 heteroatoms. The lowest BCUT2D eigenvalue weighted by Crippen LogP contribution is -2.07. The molecule has 148 valence electrons. The zero-order valence-electron chi connectivity index (χ0n) is 15.6. The van der Waals surface area contributed by atoms with Crippen LogP contribution in [-0.4, -0.2) is 24.5 Å². The SMILES string of the molecule is CC(=O)OCc1c(OC(C)=O)ccc2c1O/C(=C\c1ccc3c(c1)OCO3)C2=O. The number of ether oxygens (including phenoxy) is 5. The highest BCUT2D eigenvalue weighted by Crippen LogP contribution is 2.41. The standard InChI is InChI=1S/C21H16O8/c1-11(22)25-9-15-16(28-12(2)23)6-4-14-20(24)19(29-21(14)15)8-13-3-5-17-18(7-13)27-10-26-17/h3-8H,9-10H2,1-2H3/b19-8-. The Kier molecular flexibility index (Phi) is 4.67. The molecule has 0 spiro atoms.